The zero-order valence-electron chi connectivity index (χ0n) is 17.0. The van der Waals surface area contributed by atoms with Gasteiger partial charge >= 0.3 is 0 Å². The number of nitrogens with one attached hydrogen (secondary N) is 2. The molecule has 0 bridgehead atoms. The second-order valence-corrected chi connectivity index (χ2v) is 6.11. The van der Waals surface area contributed by atoms with Crippen molar-refractivity contribution >= 4 is 29.9 Å². The summed E-state index contributed by atoms with van der Waals surface area (Å²) in [5.41, 5.74) is 2.78. The van der Waals surface area contributed by atoms with E-state index < -0.39 is 6.10 Å². The third-order valence-electron chi connectivity index (χ3n) is 4.29. The molecule has 2 rings (SSSR count). The van der Waals surface area contributed by atoms with Crippen LogP contribution in [0.2, 0.25) is 0 Å². The molecule has 0 aliphatic carbocycles. The molecule has 1 unspecified atom stereocenters. The van der Waals surface area contributed by atoms with Gasteiger partial charge in [-0.15, -0.1) is 24.0 Å². The number of aliphatic hydroxyl groups excluding tert-OH is 1. The van der Waals surface area contributed by atoms with Crippen molar-refractivity contribution in [1.82, 2.24) is 15.8 Å². The molecule has 2 aromatic rings. The summed E-state index contributed by atoms with van der Waals surface area (Å²) in [6.45, 7) is 7.65. The minimum absolute atomic E-state index is 0. The van der Waals surface area contributed by atoms with E-state index in [-0.39, 0.29) is 24.0 Å². The molecule has 0 saturated carbocycles. The molecule has 0 amide bonds. The molecule has 7 nitrogen and oxygen atoms in total. The maximum atomic E-state index is 10.4. The van der Waals surface area contributed by atoms with Crippen LogP contribution in [0.5, 0.6) is 5.75 Å². The molecule has 3 N–H and O–H groups in total. The normalized spacial score (nSPS) is 12.2. The van der Waals surface area contributed by atoms with Crippen LogP contribution >= 0.6 is 24.0 Å². The highest BCUT2D eigenvalue weighted by molar-refractivity contribution is 14.0. The average molecular weight is 502 g/mol. The minimum Gasteiger partial charge on any atom is -0.497 e. The summed E-state index contributed by atoms with van der Waals surface area (Å²) >= 11 is 0. The van der Waals surface area contributed by atoms with E-state index in [0.717, 1.165) is 47.7 Å². The summed E-state index contributed by atoms with van der Waals surface area (Å²) in [6.07, 6.45) is 0.931. The van der Waals surface area contributed by atoms with Crippen LogP contribution in [0.25, 0.3) is 0 Å². The van der Waals surface area contributed by atoms with Gasteiger partial charge < -0.3 is 25.0 Å². The van der Waals surface area contributed by atoms with Crippen molar-refractivity contribution in [2.75, 3.05) is 20.2 Å². The van der Waals surface area contributed by atoms with E-state index in [9.17, 15) is 5.11 Å². The monoisotopic (exact) mass is 502 g/mol. The molecule has 156 valence electrons. The van der Waals surface area contributed by atoms with Crippen LogP contribution in [0.4, 0.5) is 0 Å². The third-order valence-corrected chi connectivity index (χ3v) is 4.29. The van der Waals surface area contributed by atoms with Crippen molar-refractivity contribution in [1.29, 1.82) is 0 Å². The van der Waals surface area contributed by atoms with Gasteiger partial charge in [0.05, 0.1) is 25.5 Å². The minimum atomic E-state index is -0.669. The molecule has 1 aromatic heterocycles. The van der Waals surface area contributed by atoms with Gasteiger partial charge in [0.1, 0.15) is 11.5 Å². The number of aliphatic hydroxyl groups is 1. The van der Waals surface area contributed by atoms with Gasteiger partial charge in [0.2, 0.25) is 0 Å². The zero-order valence-corrected chi connectivity index (χ0v) is 19.3. The van der Waals surface area contributed by atoms with Gasteiger partial charge in [-0.2, -0.15) is 0 Å². The molecule has 0 aliphatic heterocycles. The highest BCUT2D eigenvalue weighted by atomic mass is 127. The van der Waals surface area contributed by atoms with Crippen molar-refractivity contribution < 1.29 is 14.4 Å². The van der Waals surface area contributed by atoms with Crippen molar-refractivity contribution in [3.05, 3.63) is 46.8 Å². The molecule has 0 aliphatic rings. The van der Waals surface area contributed by atoms with E-state index in [2.05, 4.69) is 27.7 Å². The summed E-state index contributed by atoms with van der Waals surface area (Å²) in [7, 11) is 1.61. The zero-order chi connectivity index (χ0) is 19.6. The summed E-state index contributed by atoms with van der Waals surface area (Å²) in [6, 6.07) is 7.41. The number of methoxy groups -OCH3 is 1. The fourth-order valence-electron chi connectivity index (χ4n) is 2.78. The number of hydrogen-bond acceptors (Lipinski definition) is 5. The van der Waals surface area contributed by atoms with Gasteiger partial charge in [-0.05, 0) is 31.0 Å². The molecule has 1 atom stereocenters. The number of hydrogen-bond donors (Lipinski definition) is 3. The summed E-state index contributed by atoms with van der Waals surface area (Å²) < 4.78 is 10.6. The van der Waals surface area contributed by atoms with Crippen LogP contribution in [0, 0.1) is 0 Å². The number of guanidine groups is 1. The van der Waals surface area contributed by atoms with E-state index >= 15 is 0 Å². The number of halogens is 1. The number of aliphatic imine (C=N–C) groups is 1. The SMILES string of the molecule is CCNC(=NCc1c(CC)noc1CC)NCC(O)c1cccc(OC)c1.I. The van der Waals surface area contributed by atoms with E-state index in [4.69, 9.17) is 9.26 Å². The average Bonchev–Trinajstić information content (AvgIpc) is 3.11. The fourth-order valence-corrected chi connectivity index (χ4v) is 2.78. The predicted molar refractivity (Wildman–Crippen MR) is 121 cm³/mol. The molecule has 0 fully saturated rings. The third kappa shape index (κ3) is 6.66. The van der Waals surface area contributed by atoms with E-state index in [1.54, 1.807) is 7.11 Å². The van der Waals surface area contributed by atoms with Gasteiger partial charge in [0.25, 0.3) is 0 Å². The Balaban J connectivity index is 0.00000392. The second-order valence-electron chi connectivity index (χ2n) is 6.11. The predicted octanol–water partition coefficient (Wildman–Crippen LogP) is 3.21. The smallest absolute Gasteiger partial charge is 0.191 e. The Bertz CT molecular complexity index is 727. The van der Waals surface area contributed by atoms with Gasteiger partial charge in [0, 0.05) is 25.1 Å². The maximum absolute atomic E-state index is 10.4. The number of rotatable bonds is 9. The molecule has 0 spiro atoms. The highest BCUT2D eigenvalue weighted by Gasteiger charge is 2.14. The fraction of sp³-hybridized carbons (Fsp3) is 0.500. The quantitative estimate of drug-likeness (QED) is 0.277. The molecule has 0 saturated heterocycles. The first kappa shape index (κ1) is 24.2. The molecule has 1 heterocycles. The maximum Gasteiger partial charge on any atom is 0.191 e. The van der Waals surface area contributed by atoms with E-state index in [0.29, 0.717) is 19.0 Å². The number of aromatic nitrogens is 1. The van der Waals surface area contributed by atoms with Crippen LogP contribution in [0.1, 0.15) is 49.5 Å². The number of aryl methyl sites for hydroxylation is 2. The number of nitrogens with zero attached hydrogens (tertiary/aromatic N) is 2. The standard InChI is InChI=1S/C20H30N4O3.HI/c1-5-17-16(19(6-2)27-24-17)12-22-20(21-7-3)23-13-18(25)14-9-8-10-15(11-14)26-4;/h8-11,18,25H,5-7,12-13H2,1-4H3,(H2,21,22,23);1H. The largest absolute Gasteiger partial charge is 0.497 e. The summed E-state index contributed by atoms with van der Waals surface area (Å²) in [5, 5.41) is 21.0. The Hall–Kier alpha value is -1.81. The first-order valence-electron chi connectivity index (χ1n) is 9.43. The van der Waals surface area contributed by atoms with Gasteiger partial charge in [-0.25, -0.2) is 4.99 Å². The molecular weight excluding hydrogens is 471 g/mol. The van der Waals surface area contributed by atoms with Gasteiger partial charge in [-0.1, -0.05) is 31.1 Å². The second kappa shape index (κ2) is 12.6. The number of ether oxygens (including phenoxy) is 1. The molecule has 0 radical (unpaired) electrons. The van der Waals surface area contributed by atoms with Crippen LogP contribution in [-0.4, -0.2) is 36.4 Å². The van der Waals surface area contributed by atoms with Gasteiger partial charge in [0.15, 0.2) is 5.96 Å². The lowest BCUT2D eigenvalue weighted by Crippen LogP contribution is -2.39. The first-order valence-corrected chi connectivity index (χ1v) is 9.43. The molecule has 8 heteroatoms. The van der Waals surface area contributed by atoms with Crippen LogP contribution in [0.3, 0.4) is 0 Å². The lowest BCUT2D eigenvalue weighted by atomic mass is 10.1. The van der Waals surface area contributed by atoms with Crippen molar-refractivity contribution in [2.45, 2.75) is 46.3 Å². The first-order chi connectivity index (χ1) is 13.1. The highest BCUT2D eigenvalue weighted by Crippen LogP contribution is 2.19. The molecular formula is C20H31IN4O3. The van der Waals surface area contributed by atoms with Gasteiger partial charge in [-0.3, -0.25) is 0 Å². The van der Waals surface area contributed by atoms with Crippen molar-refractivity contribution in [3.63, 3.8) is 0 Å². The van der Waals surface area contributed by atoms with E-state index in [1.165, 1.54) is 0 Å². The Morgan fingerprint density at radius 3 is 2.68 bits per heavy atom. The van der Waals surface area contributed by atoms with Crippen LogP contribution in [0.15, 0.2) is 33.8 Å². The lowest BCUT2D eigenvalue weighted by Gasteiger charge is -2.16. The Morgan fingerprint density at radius 1 is 1.25 bits per heavy atom. The Morgan fingerprint density at radius 2 is 2.04 bits per heavy atom. The number of benzene rings is 1. The molecule has 28 heavy (non-hydrogen) atoms. The summed E-state index contributed by atoms with van der Waals surface area (Å²) in [4.78, 5) is 4.63. The topological polar surface area (TPSA) is 91.9 Å². The lowest BCUT2D eigenvalue weighted by molar-refractivity contribution is 0.180. The van der Waals surface area contributed by atoms with Crippen LogP contribution < -0.4 is 15.4 Å². The van der Waals surface area contributed by atoms with Crippen LogP contribution in [-0.2, 0) is 19.4 Å². The Kier molecular flexibility index (Phi) is 10.9. The Labute approximate surface area is 184 Å². The summed E-state index contributed by atoms with van der Waals surface area (Å²) in [5.74, 6) is 2.24. The van der Waals surface area contributed by atoms with Crippen molar-refractivity contribution in [2.24, 2.45) is 4.99 Å². The van der Waals surface area contributed by atoms with E-state index in [1.807, 2.05) is 38.1 Å². The molecule has 1 aromatic carbocycles. The van der Waals surface area contributed by atoms with Crippen molar-refractivity contribution in [3.8, 4) is 5.75 Å².